The second-order valence-electron chi connectivity index (χ2n) is 13.2. The molecule has 0 N–H and O–H groups in total. The molecule has 6 aromatic carbocycles. The van der Waals surface area contributed by atoms with E-state index in [2.05, 4.69) is 11.8 Å². The molecular formula is C54H27N9. The highest BCUT2D eigenvalue weighted by molar-refractivity contribution is 6.12. The SMILES string of the molecule is N#CC(C#N)=C(C(=C(C#N)C#N)c1ccc(N(c2ccc(C#Cc3ccccc3)cc2)c2ccc(C(=C(C#N)C#N)C(=C(C#N)C#N)c3ccccc3)cc2)cc1)c1ccccc1. The lowest BCUT2D eigenvalue weighted by atomic mass is 9.86. The van der Waals surface area contributed by atoms with Gasteiger partial charge in [-0.3, -0.25) is 0 Å². The number of anilines is 3. The lowest BCUT2D eigenvalue weighted by Crippen LogP contribution is -2.10. The summed E-state index contributed by atoms with van der Waals surface area (Å²) in [7, 11) is 0. The van der Waals surface area contributed by atoms with E-state index in [1.165, 1.54) is 0 Å². The van der Waals surface area contributed by atoms with E-state index in [0.717, 1.165) is 11.1 Å². The molecule has 0 fully saturated rings. The van der Waals surface area contributed by atoms with Gasteiger partial charge >= 0.3 is 0 Å². The summed E-state index contributed by atoms with van der Waals surface area (Å²) in [5.41, 5.74) is 4.74. The van der Waals surface area contributed by atoms with Gasteiger partial charge in [0, 0.05) is 50.5 Å². The Balaban J connectivity index is 1.53. The minimum atomic E-state index is -0.290. The number of benzene rings is 6. The Kier molecular flexibility index (Phi) is 13.6. The van der Waals surface area contributed by atoms with Crippen LogP contribution in [0.3, 0.4) is 0 Å². The van der Waals surface area contributed by atoms with Crippen molar-refractivity contribution in [1.82, 2.24) is 0 Å². The summed E-state index contributed by atoms with van der Waals surface area (Å²) in [6, 6.07) is 63.8. The molecule has 9 nitrogen and oxygen atoms in total. The first kappa shape index (κ1) is 42.2. The third kappa shape index (κ3) is 9.32. The number of nitriles is 8. The maximum Gasteiger partial charge on any atom is 0.138 e. The fourth-order valence-electron chi connectivity index (χ4n) is 6.77. The van der Waals surface area contributed by atoms with Gasteiger partial charge in [0.25, 0.3) is 0 Å². The average Bonchev–Trinajstić information content (AvgIpc) is 3.35. The van der Waals surface area contributed by atoms with Crippen LogP contribution in [0.2, 0.25) is 0 Å². The van der Waals surface area contributed by atoms with Gasteiger partial charge in [0.05, 0.1) is 0 Å². The first-order valence-corrected chi connectivity index (χ1v) is 18.9. The van der Waals surface area contributed by atoms with Crippen LogP contribution >= 0.6 is 0 Å². The average molecular weight is 802 g/mol. The van der Waals surface area contributed by atoms with Crippen LogP contribution in [-0.2, 0) is 0 Å². The number of nitrogens with zero attached hydrogens (tertiary/aromatic N) is 9. The first-order valence-electron chi connectivity index (χ1n) is 18.9. The van der Waals surface area contributed by atoms with E-state index in [1.807, 2.05) is 108 Å². The number of allylic oxidation sites excluding steroid dienone is 8. The monoisotopic (exact) mass is 801 g/mol. The second-order valence-corrected chi connectivity index (χ2v) is 13.2. The van der Waals surface area contributed by atoms with Crippen LogP contribution in [0, 0.1) is 102 Å². The maximum absolute atomic E-state index is 10.1. The van der Waals surface area contributed by atoms with Crippen molar-refractivity contribution in [1.29, 1.82) is 42.1 Å². The first-order chi connectivity index (χ1) is 30.9. The summed E-state index contributed by atoms with van der Waals surface area (Å²) in [6.45, 7) is 0. The summed E-state index contributed by atoms with van der Waals surface area (Å²) in [4.78, 5) is 1.92. The largest absolute Gasteiger partial charge is 0.311 e. The zero-order valence-electron chi connectivity index (χ0n) is 33.1. The Hall–Kier alpha value is -10.4. The zero-order chi connectivity index (χ0) is 44.6. The lowest BCUT2D eigenvalue weighted by molar-refractivity contribution is 1.28. The van der Waals surface area contributed by atoms with Crippen LogP contribution in [0.5, 0.6) is 0 Å². The Labute approximate surface area is 364 Å². The number of hydrogen-bond acceptors (Lipinski definition) is 9. The quantitative estimate of drug-likeness (QED) is 0.0776. The van der Waals surface area contributed by atoms with Crippen LogP contribution < -0.4 is 4.90 Å². The number of rotatable bonds is 9. The Morgan fingerprint density at radius 2 is 0.508 bits per heavy atom. The summed E-state index contributed by atoms with van der Waals surface area (Å²) in [6.07, 6.45) is 0. The molecule has 0 radical (unpaired) electrons. The highest BCUT2D eigenvalue weighted by Crippen LogP contribution is 2.41. The van der Waals surface area contributed by atoms with Crippen molar-refractivity contribution in [2.45, 2.75) is 0 Å². The highest BCUT2D eigenvalue weighted by atomic mass is 15.1. The van der Waals surface area contributed by atoms with E-state index >= 15 is 0 Å². The van der Waals surface area contributed by atoms with Crippen molar-refractivity contribution in [2.24, 2.45) is 0 Å². The smallest absolute Gasteiger partial charge is 0.138 e. The molecule has 288 valence electrons. The molecule has 0 unspecified atom stereocenters. The second kappa shape index (κ2) is 20.3. The molecule has 0 bridgehead atoms. The number of hydrogen-bond donors (Lipinski definition) is 0. The fraction of sp³-hybridized carbons (Fsp3) is 0. The van der Waals surface area contributed by atoms with Gasteiger partial charge in [-0.15, -0.1) is 0 Å². The van der Waals surface area contributed by atoms with Gasteiger partial charge in [-0.2, -0.15) is 42.1 Å². The molecule has 0 aliphatic heterocycles. The van der Waals surface area contributed by atoms with E-state index in [9.17, 15) is 42.1 Å². The Bertz CT molecular complexity index is 3020. The summed E-state index contributed by atoms with van der Waals surface area (Å²) in [5, 5.41) is 80.5. The van der Waals surface area contributed by atoms with Gasteiger partial charge in [-0.05, 0) is 82.9 Å². The van der Waals surface area contributed by atoms with E-state index in [-0.39, 0.29) is 44.6 Å². The van der Waals surface area contributed by atoms with Crippen molar-refractivity contribution in [3.63, 3.8) is 0 Å². The molecule has 0 aliphatic rings. The minimum absolute atomic E-state index is 0.120. The summed E-state index contributed by atoms with van der Waals surface area (Å²) in [5.74, 6) is 6.36. The van der Waals surface area contributed by atoms with Crippen LogP contribution in [0.15, 0.2) is 186 Å². The molecule has 0 amide bonds. The molecule has 0 heterocycles. The van der Waals surface area contributed by atoms with Crippen molar-refractivity contribution < 1.29 is 0 Å². The topological polar surface area (TPSA) is 194 Å². The van der Waals surface area contributed by atoms with Crippen LogP contribution in [0.25, 0.3) is 22.3 Å². The molecule has 0 atom stereocenters. The Morgan fingerprint density at radius 1 is 0.270 bits per heavy atom. The molecule has 0 saturated carbocycles. The van der Waals surface area contributed by atoms with Crippen LogP contribution in [-0.4, -0.2) is 0 Å². The third-order valence-corrected chi connectivity index (χ3v) is 9.60. The van der Waals surface area contributed by atoms with Gasteiger partial charge in [-0.1, -0.05) is 115 Å². The summed E-state index contributed by atoms with van der Waals surface area (Å²) >= 11 is 0. The molecule has 0 aromatic heterocycles. The molecule has 0 saturated heterocycles. The molecular weight excluding hydrogens is 775 g/mol. The van der Waals surface area contributed by atoms with Gasteiger partial charge in [0.1, 0.15) is 70.8 Å². The lowest BCUT2D eigenvalue weighted by Gasteiger charge is -2.26. The molecule has 63 heavy (non-hydrogen) atoms. The normalized spacial score (nSPS) is 9.33. The van der Waals surface area contributed by atoms with Gasteiger partial charge in [0.2, 0.25) is 0 Å². The van der Waals surface area contributed by atoms with Crippen molar-refractivity contribution in [2.75, 3.05) is 4.90 Å². The van der Waals surface area contributed by atoms with Gasteiger partial charge < -0.3 is 4.90 Å². The van der Waals surface area contributed by atoms with Crippen LogP contribution in [0.4, 0.5) is 17.1 Å². The standard InChI is InChI=1S/C54H27N9/c55-30-44(31-56)51(40-12-6-2-7-13-40)53(46(34-59)35-60)42-20-26-49(27-21-42)63(48-24-18-39(19-25-48)17-16-38-10-4-1-5-11-38)50-28-22-43(23-29-50)54(47(36-61)37-62)52(45(32-57)33-58)41-14-8-3-9-15-41/h1-15,18-29H. The fourth-order valence-corrected chi connectivity index (χ4v) is 6.77. The third-order valence-electron chi connectivity index (χ3n) is 9.60. The molecule has 6 aromatic rings. The van der Waals surface area contributed by atoms with Crippen molar-refractivity contribution in [3.8, 4) is 60.4 Å². The van der Waals surface area contributed by atoms with Crippen LogP contribution in [0.1, 0.15) is 33.4 Å². The maximum atomic E-state index is 10.1. The van der Waals surface area contributed by atoms with E-state index < -0.39 is 0 Å². The zero-order valence-corrected chi connectivity index (χ0v) is 33.1. The predicted molar refractivity (Wildman–Crippen MR) is 239 cm³/mol. The molecule has 0 spiro atoms. The van der Waals surface area contributed by atoms with Gasteiger partial charge in [-0.25, -0.2) is 0 Å². The van der Waals surface area contributed by atoms with Crippen molar-refractivity contribution in [3.05, 3.63) is 219 Å². The Morgan fingerprint density at radius 3 is 0.794 bits per heavy atom. The summed E-state index contributed by atoms with van der Waals surface area (Å²) < 4.78 is 0. The molecule has 9 heteroatoms. The van der Waals surface area contributed by atoms with Gasteiger partial charge in [0.15, 0.2) is 0 Å². The minimum Gasteiger partial charge on any atom is -0.311 e. The predicted octanol–water partition coefficient (Wildman–Crippen LogP) is 11.2. The molecule has 6 rings (SSSR count). The molecule has 0 aliphatic carbocycles. The van der Waals surface area contributed by atoms with E-state index in [1.54, 1.807) is 109 Å². The van der Waals surface area contributed by atoms with E-state index in [0.29, 0.717) is 39.3 Å². The highest BCUT2D eigenvalue weighted by Gasteiger charge is 2.24. The van der Waals surface area contributed by atoms with E-state index in [4.69, 9.17) is 0 Å². The van der Waals surface area contributed by atoms with Crippen molar-refractivity contribution >= 4 is 39.4 Å².